The number of fused-ring (bicyclic) bond motifs is 2. The molecule has 0 amide bonds. The van der Waals surface area contributed by atoms with Gasteiger partial charge in [-0.25, -0.2) is 23.8 Å². The van der Waals surface area contributed by atoms with E-state index in [1.807, 2.05) is 53.2 Å². The summed E-state index contributed by atoms with van der Waals surface area (Å²) in [6.07, 6.45) is 0.880. The van der Waals surface area contributed by atoms with Crippen LogP contribution in [0.4, 0.5) is 29.2 Å². The standard InChI is InChI=1S/C39H37F4N7O2.ClH/c1-4-24-12-9-13-25(5-2)35(24)50-36(28-22-49(17-15-30(28)48-50)38-45-20-26(21-46-38)39(41,42)43)33-27-14-16-44-34(27)31(19-29(33)40)47-32(37(51)52-3)18-23-10-7-6-8-11-23;/h6-14,16,19-21,32,44,47H,4-5,15,17-18,22H2,1-3H3;1H/t32-;/m0./s1. The van der Waals surface area contributed by atoms with Crippen molar-refractivity contribution in [3.05, 3.63) is 119 Å². The van der Waals surface area contributed by atoms with E-state index in [0.717, 1.165) is 46.0 Å². The summed E-state index contributed by atoms with van der Waals surface area (Å²) in [5.41, 5.74) is 6.19. The third kappa shape index (κ3) is 7.17. The number of hydrogen-bond donors (Lipinski definition) is 2. The van der Waals surface area contributed by atoms with Gasteiger partial charge in [-0.2, -0.15) is 18.3 Å². The van der Waals surface area contributed by atoms with Crippen LogP contribution in [0, 0.1) is 5.82 Å². The molecule has 9 nitrogen and oxygen atoms in total. The summed E-state index contributed by atoms with van der Waals surface area (Å²) >= 11 is 0. The first-order chi connectivity index (χ1) is 25.1. The Kier molecular flexibility index (Phi) is 10.8. The first-order valence-electron chi connectivity index (χ1n) is 17.2. The molecule has 0 radical (unpaired) electrons. The second-order valence-corrected chi connectivity index (χ2v) is 12.7. The smallest absolute Gasteiger partial charge is 0.419 e. The molecule has 3 aromatic carbocycles. The minimum atomic E-state index is -4.57. The van der Waals surface area contributed by atoms with Crippen molar-refractivity contribution < 1.29 is 27.1 Å². The number of aryl methyl sites for hydroxylation is 2. The zero-order valence-electron chi connectivity index (χ0n) is 29.3. The SMILES string of the molecule is CCc1cccc(CC)c1-n1nc2c(c1-c1c(F)cc(N[C@@H](Cc3ccccc3)C(=O)OC)c3[nH]ccc13)CN(c1ncc(C(F)(F)F)cn1)CC2.Cl. The number of rotatable bonds is 10. The van der Waals surface area contributed by atoms with Gasteiger partial charge in [0.05, 0.1) is 41.0 Å². The maximum absolute atomic E-state index is 17.0. The third-order valence-corrected chi connectivity index (χ3v) is 9.59. The van der Waals surface area contributed by atoms with Gasteiger partial charge in [-0.05, 0) is 41.7 Å². The van der Waals surface area contributed by atoms with Gasteiger partial charge in [-0.15, -0.1) is 12.4 Å². The van der Waals surface area contributed by atoms with Crippen LogP contribution in [-0.2, 0) is 47.9 Å². The van der Waals surface area contributed by atoms with Gasteiger partial charge in [0.2, 0.25) is 5.95 Å². The Morgan fingerprint density at radius 3 is 2.36 bits per heavy atom. The van der Waals surface area contributed by atoms with E-state index in [1.165, 1.54) is 13.2 Å². The van der Waals surface area contributed by atoms with Crippen LogP contribution in [0.3, 0.4) is 0 Å². The van der Waals surface area contributed by atoms with E-state index >= 15 is 4.39 Å². The topological polar surface area (TPSA) is 101 Å². The van der Waals surface area contributed by atoms with Crippen LogP contribution in [-0.4, -0.2) is 50.4 Å². The summed E-state index contributed by atoms with van der Waals surface area (Å²) in [5.74, 6) is -0.898. The van der Waals surface area contributed by atoms with Gasteiger partial charge in [0.15, 0.2) is 0 Å². The summed E-state index contributed by atoms with van der Waals surface area (Å²) in [7, 11) is 1.32. The number of methoxy groups -OCH3 is 1. The summed E-state index contributed by atoms with van der Waals surface area (Å²) < 4.78 is 63.9. The Balaban J connectivity index is 0.00000481. The van der Waals surface area contributed by atoms with Gasteiger partial charge in [0.25, 0.3) is 0 Å². The van der Waals surface area contributed by atoms with Crippen molar-refractivity contribution in [2.24, 2.45) is 0 Å². The Morgan fingerprint density at radius 2 is 1.72 bits per heavy atom. The third-order valence-electron chi connectivity index (χ3n) is 9.59. The molecule has 2 N–H and O–H groups in total. The molecule has 7 rings (SSSR count). The van der Waals surface area contributed by atoms with Crippen LogP contribution in [0.2, 0.25) is 0 Å². The molecule has 0 unspecified atom stereocenters. The number of benzene rings is 3. The number of para-hydroxylation sites is 1. The van der Waals surface area contributed by atoms with Crippen LogP contribution in [0.5, 0.6) is 0 Å². The average molecular weight is 748 g/mol. The molecule has 1 aliphatic heterocycles. The lowest BCUT2D eigenvalue weighted by atomic mass is 9.96. The van der Waals surface area contributed by atoms with Gasteiger partial charge >= 0.3 is 12.1 Å². The van der Waals surface area contributed by atoms with E-state index in [9.17, 15) is 18.0 Å². The molecule has 1 aliphatic rings. The maximum atomic E-state index is 17.0. The number of carbonyl (C=O) groups is 1. The molecule has 0 aliphatic carbocycles. The Morgan fingerprint density at radius 1 is 1.02 bits per heavy atom. The van der Waals surface area contributed by atoms with Gasteiger partial charge in [0.1, 0.15) is 11.9 Å². The predicted molar refractivity (Wildman–Crippen MR) is 198 cm³/mol. The molecule has 3 aromatic heterocycles. The molecular formula is C39H38ClF4N7O2. The number of nitrogens with one attached hydrogen (secondary N) is 2. The number of carbonyl (C=O) groups excluding carboxylic acids is 1. The van der Waals surface area contributed by atoms with Crippen LogP contribution in [0.1, 0.15) is 47.4 Å². The fourth-order valence-electron chi connectivity index (χ4n) is 7.01. The minimum Gasteiger partial charge on any atom is -0.467 e. The summed E-state index contributed by atoms with van der Waals surface area (Å²) in [4.78, 5) is 26.1. The number of halogens is 5. The van der Waals surface area contributed by atoms with Crippen LogP contribution < -0.4 is 10.2 Å². The molecule has 53 heavy (non-hydrogen) atoms. The minimum absolute atomic E-state index is 0. The van der Waals surface area contributed by atoms with E-state index in [4.69, 9.17) is 9.84 Å². The molecule has 0 spiro atoms. The van der Waals surface area contributed by atoms with Crippen molar-refractivity contribution in [2.75, 3.05) is 23.9 Å². The van der Waals surface area contributed by atoms with Gasteiger partial charge < -0.3 is 19.9 Å². The predicted octanol–water partition coefficient (Wildman–Crippen LogP) is 8.27. The molecule has 6 aromatic rings. The zero-order chi connectivity index (χ0) is 36.6. The van der Waals surface area contributed by atoms with Gasteiger partial charge in [-0.1, -0.05) is 62.4 Å². The van der Waals surface area contributed by atoms with Crippen LogP contribution in [0.25, 0.3) is 27.8 Å². The number of aromatic nitrogens is 5. The maximum Gasteiger partial charge on any atom is 0.419 e. The first kappa shape index (κ1) is 37.3. The van der Waals surface area contributed by atoms with Crippen molar-refractivity contribution in [2.45, 2.75) is 58.3 Å². The Labute approximate surface area is 309 Å². The average Bonchev–Trinajstić information content (AvgIpc) is 3.79. The number of aromatic amines is 1. The number of anilines is 2. The fourth-order valence-corrected chi connectivity index (χ4v) is 7.01. The Bertz CT molecular complexity index is 2220. The van der Waals surface area contributed by atoms with E-state index in [1.54, 1.807) is 17.2 Å². The van der Waals surface area contributed by atoms with Crippen molar-refractivity contribution in [1.29, 1.82) is 0 Å². The zero-order valence-corrected chi connectivity index (χ0v) is 30.1. The summed E-state index contributed by atoms with van der Waals surface area (Å²) in [6, 6.07) is 17.9. The van der Waals surface area contributed by atoms with E-state index in [-0.39, 0.29) is 24.9 Å². The largest absolute Gasteiger partial charge is 0.467 e. The van der Waals surface area contributed by atoms with Gasteiger partial charge in [0, 0.05) is 61.0 Å². The lowest BCUT2D eigenvalue weighted by molar-refractivity contribution is -0.141. The molecule has 4 heterocycles. The summed E-state index contributed by atoms with van der Waals surface area (Å²) in [6.45, 7) is 4.72. The molecule has 276 valence electrons. The van der Waals surface area contributed by atoms with Crippen molar-refractivity contribution in [3.8, 4) is 16.9 Å². The van der Waals surface area contributed by atoms with Crippen molar-refractivity contribution in [3.63, 3.8) is 0 Å². The normalized spacial score (nSPS) is 13.4. The molecule has 0 bridgehead atoms. The number of ether oxygens (including phenoxy) is 1. The monoisotopic (exact) mass is 747 g/mol. The Hall–Kier alpha value is -5.43. The lowest BCUT2D eigenvalue weighted by Crippen LogP contribution is -2.33. The van der Waals surface area contributed by atoms with E-state index in [0.29, 0.717) is 60.1 Å². The van der Waals surface area contributed by atoms with Crippen molar-refractivity contribution in [1.82, 2.24) is 24.7 Å². The molecule has 14 heteroatoms. The number of esters is 1. The highest BCUT2D eigenvalue weighted by Crippen LogP contribution is 2.42. The fraction of sp³-hybridized carbons (Fsp3) is 0.282. The molecule has 0 saturated heterocycles. The first-order valence-corrected chi connectivity index (χ1v) is 17.2. The quantitative estimate of drug-likeness (QED) is 0.108. The number of alkyl halides is 3. The van der Waals surface area contributed by atoms with Crippen LogP contribution >= 0.6 is 12.4 Å². The highest BCUT2D eigenvalue weighted by Gasteiger charge is 2.34. The molecule has 0 fully saturated rings. The van der Waals surface area contributed by atoms with Gasteiger partial charge in [-0.3, -0.25) is 0 Å². The highest BCUT2D eigenvalue weighted by atomic mass is 35.5. The van der Waals surface area contributed by atoms with Crippen molar-refractivity contribution >= 4 is 40.9 Å². The number of H-pyrrole nitrogens is 1. The number of hydrogen-bond acceptors (Lipinski definition) is 7. The molecule has 0 saturated carbocycles. The second-order valence-electron chi connectivity index (χ2n) is 12.7. The van der Waals surface area contributed by atoms with Crippen LogP contribution in [0.15, 0.2) is 79.3 Å². The molecule has 1 atom stereocenters. The number of nitrogens with zero attached hydrogens (tertiary/aromatic N) is 5. The summed E-state index contributed by atoms with van der Waals surface area (Å²) in [5, 5.41) is 8.92. The highest BCUT2D eigenvalue weighted by molar-refractivity contribution is 6.03. The van der Waals surface area contributed by atoms with E-state index in [2.05, 4.69) is 34.1 Å². The molecular weight excluding hydrogens is 710 g/mol. The van der Waals surface area contributed by atoms with E-state index < -0.39 is 29.6 Å². The second kappa shape index (κ2) is 15.3. The lowest BCUT2D eigenvalue weighted by Gasteiger charge is -2.27.